The second kappa shape index (κ2) is 17.3. The highest BCUT2D eigenvalue weighted by molar-refractivity contribution is 5.53. The summed E-state index contributed by atoms with van der Waals surface area (Å²) in [6.07, 6.45) is 21.1. The van der Waals surface area contributed by atoms with Gasteiger partial charge in [-0.2, -0.15) is 0 Å². The second-order valence-corrected chi connectivity index (χ2v) is 10.9. The van der Waals surface area contributed by atoms with Gasteiger partial charge in [-0.25, -0.2) is 0 Å². The minimum absolute atomic E-state index is 0.854. The Kier molecular flexibility index (Phi) is 14.5. The van der Waals surface area contributed by atoms with Crippen molar-refractivity contribution in [3.8, 4) is 0 Å². The van der Waals surface area contributed by atoms with Crippen LogP contribution >= 0.6 is 0 Å². The summed E-state index contributed by atoms with van der Waals surface area (Å²) in [4.78, 5) is 0. The summed E-state index contributed by atoms with van der Waals surface area (Å²) in [6.45, 7) is 16.7. The van der Waals surface area contributed by atoms with Gasteiger partial charge in [0.25, 0.3) is 0 Å². The number of hydrogen-bond acceptors (Lipinski definition) is 1. The zero-order valence-corrected chi connectivity index (χ0v) is 25.3. The van der Waals surface area contributed by atoms with E-state index in [4.69, 9.17) is 5.11 Å². The highest BCUT2D eigenvalue weighted by Gasteiger charge is 2.10. The molecule has 204 valence electrons. The fourth-order valence-corrected chi connectivity index (χ4v) is 5.34. The molecule has 0 radical (unpaired) electrons. The molecule has 2 rings (SSSR count). The van der Waals surface area contributed by atoms with Gasteiger partial charge in [0.1, 0.15) is 5.69 Å². The molecule has 0 spiro atoms. The first-order chi connectivity index (χ1) is 17.9. The summed E-state index contributed by atoms with van der Waals surface area (Å²) in [6, 6.07) is 9.31. The van der Waals surface area contributed by atoms with E-state index in [0.717, 1.165) is 18.7 Å². The number of nitrogens with zero attached hydrogens (tertiary/aromatic N) is 2. The van der Waals surface area contributed by atoms with Crippen LogP contribution in [0.25, 0.3) is 6.08 Å². The van der Waals surface area contributed by atoms with Crippen LogP contribution in [0.5, 0.6) is 0 Å². The summed E-state index contributed by atoms with van der Waals surface area (Å²) in [7, 11) is 0. The SMILES string of the molecule is CCCCCCCCc1cc(C=C[N+](CC)=Nc2cc(C)c(CC)c(CCCCCC)c2)cc(C)c1C. The average Bonchev–Trinajstić information content (AvgIpc) is 2.88. The van der Waals surface area contributed by atoms with Gasteiger partial charge >= 0.3 is 0 Å². The molecule has 0 atom stereocenters. The van der Waals surface area contributed by atoms with Gasteiger partial charge in [0.15, 0.2) is 12.7 Å². The summed E-state index contributed by atoms with van der Waals surface area (Å²) in [5, 5.41) is 5.03. The number of benzene rings is 2. The van der Waals surface area contributed by atoms with E-state index in [2.05, 4.69) is 89.7 Å². The molecule has 0 unspecified atom stereocenters. The standard InChI is InChI=1S/C35H55N2/c1-8-12-14-16-17-19-20-32-26-31(24-28(5)30(32)7)22-23-37(11-4)36-34-25-29(6)35(10-3)33(27-34)21-18-15-13-9-2/h22-27H,8-21H2,1-7H3/q+1. The summed E-state index contributed by atoms with van der Waals surface area (Å²) in [5.74, 6) is 0. The van der Waals surface area contributed by atoms with Crippen LogP contribution in [-0.4, -0.2) is 11.2 Å². The number of rotatable bonds is 17. The molecule has 2 aromatic rings. The van der Waals surface area contributed by atoms with Crippen molar-refractivity contribution in [1.82, 2.24) is 0 Å². The molecule has 2 heteroatoms. The first kappa shape index (κ1) is 31.0. The van der Waals surface area contributed by atoms with Crippen LogP contribution in [0.1, 0.15) is 131 Å². The van der Waals surface area contributed by atoms with Gasteiger partial charge in [-0.1, -0.05) is 89.0 Å². The third-order valence-corrected chi connectivity index (χ3v) is 7.81. The molecule has 2 nitrogen and oxygen atoms in total. The molecule has 0 saturated heterocycles. The Balaban J connectivity index is 2.17. The van der Waals surface area contributed by atoms with Gasteiger partial charge in [0, 0.05) is 6.08 Å². The van der Waals surface area contributed by atoms with Gasteiger partial charge in [-0.05, 0) is 116 Å². The largest absolute Gasteiger partial charge is 0.196 e. The zero-order valence-electron chi connectivity index (χ0n) is 25.3. The summed E-state index contributed by atoms with van der Waals surface area (Å²) >= 11 is 0. The van der Waals surface area contributed by atoms with Crippen molar-refractivity contribution in [2.45, 2.75) is 132 Å². The lowest BCUT2D eigenvalue weighted by Gasteiger charge is -2.12. The van der Waals surface area contributed by atoms with Crippen molar-refractivity contribution in [1.29, 1.82) is 0 Å². The fourth-order valence-electron chi connectivity index (χ4n) is 5.34. The number of hydrogen-bond donors (Lipinski definition) is 0. The highest BCUT2D eigenvalue weighted by atomic mass is 15.2. The molecule has 0 saturated carbocycles. The van der Waals surface area contributed by atoms with Crippen molar-refractivity contribution in [3.63, 3.8) is 0 Å². The fraction of sp³-hybridized carbons (Fsp3) is 0.600. The van der Waals surface area contributed by atoms with Crippen LogP contribution in [0.15, 0.2) is 35.6 Å². The Labute approximate surface area is 229 Å². The Hall–Kier alpha value is -2.22. The molecule has 0 aliphatic carbocycles. The Morgan fingerprint density at radius 3 is 1.95 bits per heavy atom. The van der Waals surface area contributed by atoms with Gasteiger partial charge in [0.2, 0.25) is 0 Å². The van der Waals surface area contributed by atoms with Crippen LogP contribution in [0.2, 0.25) is 0 Å². The second-order valence-electron chi connectivity index (χ2n) is 10.9. The highest BCUT2D eigenvalue weighted by Crippen LogP contribution is 2.26. The van der Waals surface area contributed by atoms with E-state index in [1.165, 1.54) is 116 Å². The molecular weight excluding hydrogens is 448 g/mol. The molecule has 0 aliphatic heterocycles. The van der Waals surface area contributed by atoms with Crippen LogP contribution < -0.4 is 0 Å². The smallest absolute Gasteiger partial charge is 0.0910 e. The van der Waals surface area contributed by atoms with E-state index < -0.39 is 0 Å². The monoisotopic (exact) mass is 503 g/mol. The normalized spacial score (nSPS) is 12.1. The van der Waals surface area contributed by atoms with Gasteiger partial charge < -0.3 is 0 Å². The van der Waals surface area contributed by atoms with Crippen LogP contribution in [0.3, 0.4) is 0 Å². The van der Waals surface area contributed by atoms with Crippen LogP contribution in [-0.2, 0) is 19.3 Å². The molecule has 0 bridgehead atoms. The van der Waals surface area contributed by atoms with Gasteiger partial charge in [0.05, 0.1) is 0 Å². The third kappa shape index (κ3) is 10.6. The van der Waals surface area contributed by atoms with Crippen molar-refractivity contribution >= 4 is 11.8 Å². The van der Waals surface area contributed by atoms with Crippen molar-refractivity contribution in [3.05, 3.63) is 69.4 Å². The molecule has 0 fully saturated rings. The topological polar surface area (TPSA) is 15.4 Å². The quantitative estimate of drug-likeness (QED) is 0.116. The van der Waals surface area contributed by atoms with Crippen molar-refractivity contribution in [2.24, 2.45) is 5.11 Å². The summed E-state index contributed by atoms with van der Waals surface area (Å²) in [5.41, 5.74) is 11.1. The Morgan fingerprint density at radius 1 is 0.676 bits per heavy atom. The maximum Gasteiger partial charge on any atom is 0.196 e. The molecule has 37 heavy (non-hydrogen) atoms. The van der Waals surface area contributed by atoms with E-state index in [9.17, 15) is 0 Å². The molecule has 0 aliphatic rings. The maximum absolute atomic E-state index is 5.03. The first-order valence-corrected chi connectivity index (χ1v) is 15.3. The zero-order chi connectivity index (χ0) is 27.0. The van der Waals surface area contributed by atoms with Gasteiger partial charge in [-0.15, -0.1) is 0 Å². The van der Waals surface area contributed by atoms with E-state index >= 15 is 0 Å². The molecule has 0 heterocycles. The van der Waals surface area contributed by atoms with Crippen LogP contribution in [0, 0.1) is 20.8 Å². The third-order valence-electron chi connectivity index (χ3n) is 7.81. The predicted octanol–water partition coefficient (Wildman–Crippen LogP) is 11.0. The minimum Gasteiger partial charge on any atom is -0.0910 e. The van der Waals surface area contributed by atoms with E-state index in [1.54, 1.807) is 0 Å². The number of unbranched alkanes of at least 4 members (excludes halogenated alkanes) is 8. The molecule has 0 aromatic heterocycles. The predicted molar refractivity (Wildman–Crippen MR) is 163 cm³/mol. The van der Waals surface area contributed by atoms with E-state index in [1.807, 2.05) is 0 Å². The molecule has 2 aromatic carbocycles. The van der Waals surface area contributed by atoms with Crippen molar-refractivity contribution < 1.29 is 4.70 Å². The van der Waals surface area contributed by atoms with E-state index in [0.29, 0.717) is 0 Å². The van der Waals surface area contributed by atoms with E-state index in [-0.39, 0.29) is 0 Å². The minimum atomic E-state index is 0.854. The Bertz CT molecular complexity index is 1010. The molecule has 0 N–H and O–H groups in total. The average molecular weight is 504 g/mol. The lowest BCUT2D eigenvalue weighted by Crippen LogP contribution is -2.01. The lowest BCUT2D eigenvalue weighted by atomic mass is 9.95. The van der Waals surface area contributed by atoms with Crippen LogP contribution in [0.4, 0.5) is 5.69 Å². The Morgan fingerprint density at radius 2 is 1.30 bits per heavy atom. The lowest BCUT2D eigenvalue weighted by molar-refractivity contribution is -0.519. The first-order valence-electron chi connectivity index (χ1n) is 15.3. The number of aryl methyl sites for hydroxylation is 4. The van der Waals surface area contributed by atoms with Crippen molar-refractivity contribution in [2.75, 3.05) is 6.54 Å². The number of azo groups is 2. The molecular formula is C35H55N2+. The summed E-state index contributed by atoms with van der Waals surface area (Å²) < 4.78 is 2.09. The molecule has 0 amide bonds. The maximum atomic E-state index is 5.03. The van der Waals surface area contributed by atoms with Gasteiger partial charge in [-0.3, -0.25) is 0 Å².